The predicted octanol–water partition coefficient (Wildman–Crippen LogP) is 5.24. The number of nitrogens with one attached hydrogen (secondary N) is 1. The van der Waals surface area contributed by atoms with Crippen LogP contribution in [-0.2, 0) is 33.7 Å². The van der Waals surface area contributed by atoms with E-state index in [2.05, 4.69) is 17.1 Å². The van der Waals surface area contributed by atoms with Gasteiger partial charge in [-0.15, -0.1) is 0 Å². The van der Waals surface area contributed by atoms with Gasteiger partial charge in [0, 0.05) is 56.9 Å². The Kier molecular flexibility index (Phi) is 10.1. The number of methoxy groups -OCH3 is 1. The number of hydrogen-bond donors (Lipinski definition) is 1. The van der Waals surface area contributed by atoms with Gasteiger partial charge in [-0.3, -0.25) is 9.59 Å². The van der Waals surface area contributed by atoms with E-state index < -0.39 is 0 Å². The number of hydrogen-bond acceptors (Lipinski definition) is 3. The highest BCUT2D eigenvalue weighted by Crippen LogP contribution is 2.19. The molecule has 4 rings (SSSR count). The molecule has 38 heavy (non-hydrogen) atoms. The van der Waals surface area contributed by atoms with Crippen molar-refractivity contribution < 1.29 is 14.3 Å². The van der Waals surface area contributed by atoms with E-state index in [1.165, 1.54) is 10.9 Å². The van der Waals surface area contributed by atoms with Gasteiger partial charge >= 0.3 is 0 Å². The number of H-pyrrole nitrogens is 1. The predicted molar refractivity (Wildman–Crippen MR) is 152 cm³/mol. The Morgan fingerprint density at radius 2 is 1.45 bits per heavy atom. The molecule has 1 N–H and O–H groups in total. The molecule has 3 aromatic carbocycles. The van der Waals surface area contributed by atoms with Crippen LogP contribution in [0.1, 0.15) is 29.5 Å². The van der Waals surface area contributed by atoms with Crippen LogP contribution in [-0.4, -0.2) is 59.9 Å². The molecule has 0 atom stereocenters. The Balaban J connectivity index is 1.46. The lowest BCUT2D eigenvalue weighted by Gasteiger charge is -2.28. The monoisotopic (exact) mass is 511 g/mol. The normalized spacial score (nSPS) is 11.0. The van der Waals surface area contributed by atoms with Crippen molar-refractivity contribution in [1.82, 2.24) is 14.8 Å². The Hall–Kier alpha value is -3.90. The van der Waals surface area contributed by atoms with Gasteiger partial charge in [0.2, 0.25) is 11.8 Å². The molecule has 198 valence electrons. The summed E-state index contributed by atoms with van der Waals surface area (Å²) in [5.41, 5.74) is 4.47. The van der Waals surface area contributed by atoms with Crippen LogP contribution in [0.2, 0.25) is 0 Å². The first-order chi connectivity index (χ1) is 18.6. The zero-order chi connectivity index (χ0) is 26.6. The Bertz CT molecular complexity index is 1290. The zero-order valence-corrected chi connectivity index (χ0v) is 22.1. The summed E-state index contributed by atoms with van der Waals surface area (Å²) in [4.78, 5) is 33.8. The maximum atomic E-state index is 13.7. The second-order valence-electron chi connectivity index (χ2n) is 9.56. The lowest BCUT2D eigenvalue weighted by Crippen LogP contribution is -2.44. The molecule has 1 heterocycles. The number of aromatic nitrogens is 1. The summed E-state index contributed by atoms with van der Waals surface area (Å²) in [5, 5.41) is 1.18. The van der Waals surface area contributed by atoms with Crippen LogP contribution in [0.15, 0.2) is 91.1 Å². The van der Waals surface area contributed by atoms with Gasteiger partial charge in [0.15, 0.2) is 0 Å². The van der Waals surface area contributed by atoms with Crippen LogP contribution in [0.25, 0.3) is 10.9 Å². The number of amides is 2. The molecule has 2 amide bonds. The number of aryl methyl sites for hydroxylation is 1. The Morgan fingerprint density at radius 3 is 2.18 bits per heavy atom. The molecule has 1 aromatic heterocycles. The van der Waals surface area contributed by atoms with Crippen molar-refractivity contribution in [2.45, 2.75) is 32.2 Å². The summed E-state index contributed by atoms with van der Waals surface area (Å²) in [7, 11) is 1.65. The second kappa shape index (κ2) is 14.1. The van der Waals surface area contributed by atoms with Gasteiger partial charge in [-0.1, -0.05) is 78.9 Å². The smallest absolute Gasteiger partial charge is 0.242 e. The average molecular weight is 512 g/mol. The molecule has 0 aliphatic heterocycles. The third-order valence-electron chi connectivity index (χ3n) is 6.82. The quantitative estimate of drug-likeness (QED) is 0.236. The van der Waals surface area contributed by atoms with Crippen LogP contribution < -0.4 is 0 Å². The van der Waals surface area contributed by atoms with Crippen LogP contribution in [0, 0.1) is 0 Å². The van der Waals surface area contributed by atoms with Crippen molar-refractivity contribution in [2.24, 2.45) is 0 Å². The topological polar surface area (TPSA) is 65.6 Å². The maximum absolute atomic E-state index is 13.7. The van der Waals surface area contributed by atoms with E-state index in [4.69, 9.17) is 4.74 Å². The van der Waals surface area contributed by atoms with E-state index in [1.807, 2.05) is 83.9 Å². The average Bonchev–Trinajstić information content (AvgIpc) is 3.37. The third kappa shape index (κ3) is 7.80. The number of nitrogens with zero attached hydrogens (tertiary/aromatic N) is 2. The van der Waals surface area contributed by atoms with E-state index in [-0.39, 0.29) is 18.4 Å². The number of rotatable bonds is 14. The second-order valence-corrected chi connectivity index (χ2v) is 9.56. The van der Waals surface area contributed by atoms with Crippen LogP contribution >= 0.6 is 0 Å². The summed E-state index contributed by atoms with van der Waals surface area (Å²) in [6.45, 7) is 2.18. The first kappa shape index (κ1) is 27.1. The minimum absolute atomic E-state index is 0.00500. The molecule has 0 unspecified atom stereocenters. The van der Waals surface area contributed by atoms with Crippen LogP contribution in [0.3, 0.4) is 0 Å². The molecule has 6 heteroatoms. The fourth-order valence-corrected chi connectivity index (χ4v) is 4.70. The van der Waals surface area contributed by atoms with Gasteiger partial charge < -0.3 is 19.5 Å². The third-order valence-corrected chi connectivity index (χ3v) is 6.82. The fourth-order valence-electron chi connectivity index (χ4n) is 4.70. The van der Waals surface area contributed by atoms with Gasteiger partial charge in [-0.2, -0.15) is 0 Å². The standard InChI is InChI=1S/C32H37N3O3/c1-38-22-10-20-34(31(36)18-17-26-11-4-2-5-12-26)25-32(37)35(24-27-13-6-3-7-14-27)21-19-28-23-33-30-16-9-8-15-29(28)30/h2-9,11-16,23,33H,10,17-22,24-25H2,1H3. The molecule has 6 nitrogen and oxygen atoms in total. The molecular weight excluding hydrogens is 474 g/mol. The minimum atomic E-state index is -0.0424. The SMILES string of the molecule is COCCCN(CC(=O)N(CCc1c[nH]c2ccccc12)Cc1ccccc1)C(=O)CCc1ccccc1. The van der Waals surface area contributed by atoms with E-state index in [0.29, 0.717) is 45.5 Å². The van der Waals surface area contributed by atoms with Crippen molar-refractivity contribution in [3.8, 4) is 0 Å². The molecule has 0 aliphatic carbocycles. The van der Waals surface area contributed by atoms with Gasteiger partial charge in [0.05, 0.1) is 6.54 Å². The molecule has 0 saturated heterocycles. The van der Waals surface area contributed by atoms with Crippen molar-refractivity contribution >= 4 is 22.7 Å². The number of carbonyl (C=O) groups is 2. The number of ether oxygens (including phenoxy) is 1. The van der Waals surface area contributed by atoms with Crippen LogP contribution in [0.5, 0.6) is 0 Å². The first-order valence-electron chi connectivity index (χ1n) is 13.3. The van der Waals surface area contributed by atoms with Crippen LogP contribution in [0.4, 0.5) is 0 Å². The lowest BCUT2D eigenvalue weighted by molar-refractivity contribution is -0.141. The molecular formula is C32H37N3O3. The summed E-state index contributed by atoms with van der Waals surface area (Å²) in [6, 6.07) is 28.2. The van der Waals surface area contributed by atoms with Gasteiger partial charge in [0.25, 0.3) is 0 Å². The zero-order valence-electron chi connectivity index (χ0n) is 22.1. The largest absolute Gasteiger partial charge is 0.385 e. The van der Waals surface area contributed by atoms with Gasteiger partial charge in [0.1, 0.15) is 0 Å². The summed E-state index contributed by atoms with van der Waals surface area (Å²) in [5.74, 6) is -0.0474. The summed E-state index contributed by atoms with van der Waals surface area (Å²) >= 11 is 0. The highest BCUT2D eigenvalue weighted by molar-refractivity contribution is 5.85. The van der Waals surface area contributed by atoms with Crippen molar-refractivity contribution in [3.05, 3.63) is 108 Å². The molecule has 0 spiro atoms. The molecule has 0 fully saturated rings. The van der Waals surface area contributed by atoms with Crippen molar-refractivity contribution in [1.29, 1.82) is 0 Å². The summed E-state index contributed by atoms with van der Waals surface area (Å²) < 4.78 is 5.21. The number of benzene rings is 3. The number of fused-ring (bicyclic) bond motifs is 1. The highest BCUT2D eigenvalue weighted by Gasteiger charge is 2.22. The molecule has 0 radical (unpaired) electrons. The number of para-hydroxylation sites is 1. The van der Waals surface area contributed by atoms with Crippen molar-refractivity contribution in [2.75, 3.05) is 33.4 Å². The Morgan fingerprint density at radius 1 is 0.763 bits per heavy atom. The molecule has 0 saturated carbocycles. The molecule has 0 bridgehead atoms. The van der Waals surface area contributed by atoms with E-state index in [0.717, 1.165) is 23.1 Å². The lowest BCUT2D eigenvalue weighted by atomic mass is 10.1. The maximum Gasteiger partial charge on any atom is 0.242 e. The van der Waals surface area contributed by atoms with E-state index >= 15 is 0 Å². The fraction of sp³-hybridized carbons (Fsp3) is 0.312. The Labute approximate surface area is 225 Å². The number of carbonyl (C=O) groups excluding carboxylic acids is 2. The molecule has 0 aliphatic rings. The van der Waals surface area contributed by atoms with Crippen molar-refractivity contribution in [3.63, 3.8) is 0 Å². The first-order valence-corrected chi connectivity index (χ1v) is 13.3. The van der Waals surface area contributed by atoms with E-state index in [9.17, 15) is 9.59 Å². The molecule has 4 aromatic rings. The summed E-state index contributed by atoms with van der Waals surface area (Å²) in [6.07, 6.45) is 4.48. The number of aromatic amines is 1. The highest BCUT2D eigenvalue weighted by atomic mass is 16.5. The van der Waals surface area contributed by atoms with E-state index in [1.54, 1.807) is 12.0 Å². The minimum Gasteiger partial charge on any atom is -0.385 e. The van der Waals surface area contributed by atoms with Gasteiger partial charge in [-0.05, 0) is 42.0 Å². The van der Waals surface area contributed by atoms with Gasteiger partial charge in [-0.25, -0.2) is 0 Å².